The molecular formula is C12H14ClFOS. The monoisotopic (exact) mass is 260 g/mol. The Morgan fingerprint density at radius 2 is 2.38 bits per heavy atom. The van der Waals surface area contributed by atoms with E-state index in [1.165, 1.54) is 6.07 Å². The Labute approximate surface area is 104 Å². The van der Waals surface area contributed by atoms with Crippen LogP contribution in [0.3, 0.4) is 0 Å². The Morgan fingerprint density at radius 1 is 1.62 bits per heavy atom. The molecule has 1 N–H and O–H groups in total. The van der Waals surface area contributed by atoms with E-state index < -0.39 is 11.4 Å². The van der Waals surface area contributed by atoms with Crippen molar-refractivity contribution in [2.75, 3.05) is 5.75 Å². The molecule has 0 radical (unpaired) electrons. The van der Waals surface area contributed by atoms with Crippen LogP contribution in [-0.2, 0) is 6.42 Å². The van der Waals surface area contributed by atoms with Gasteiger partial charge >= 0.3 is 0 Å². The summed E-state index contributed by atoms with van der Waals surface area (Å²) >= 11 is 7.49. The van der Waals surface area contributed by atoms with Gasteiger partial charge in [-0.1, -0.05) is 24.6 Å². The van der Waals surface area contributed by atoms with E-state index in [2.05, 4.69) is 6.92 Å². The minimum Gasteiger partial charge on any atom is -0.389 e. The van der Waals surface area contributed by atoms with Crippen LogP contribution in [0.1, 0.15) is 18.9 Å². The first-order valence-corrected chi connectivity index (χ1v) is 6.69. The van der Waals surface area contributed by atoms with Gasteiger partial charge in [0.15, 0.2) is 0 Å². The van der Waals surface area contributed by atoms with Crippen LogP contribution in [0.4, 0.5) is 4.39 Å². The summed E-state index contributed by atoms with van der Waals surface area (Å²) < 4.78 is 13.0. The van der Waals surface area contributed by atoms with Crippen LogP contribution in [0.2, 0.25) is 5.02 Å². The van der Waals surface area contributed by atoms with Crippen molar-refractivity contribution in [3.63, 3.8) is 0 Å². The van der Waals surface area contributed by atoms with Crippen LogP contribution in [0.5, 0.6) is 0 Å². The van der Waals surface area contributed by atoms with Crippen molar-refractivity contribution in [3.05, 3.63) is 34.6 Å². The molecule has 2 unspecified atom stereocenters. The quantitative estimate of drug-likeness (QED) is 0.881. The average Bonchev–Trinajstić information content (AvgIpc) is 2.52. The summed E-state index contributed by atoms with van der Waals surface area (Å²) in [5.41, 5.74) is 0.231. The maximum Gasteiger partial charge on any atom is 0.141 e. The van der Waals surface area contributed by atoms with E-state index in [-0.39, 0.29) is 5.02 Å². The van der Waals surface area contributed by atoms with Gasteiger partial charge in [0.05, 0.1) is 10.6 Å². The number of rotatable bonds is 2. The molecule has 4 heteroatoms. The van der Waals surface area contributed by atoms with Gasteiger partial charge in [-0.15, -0.1) is 0 Å². The highest BCUT2D eigenvalue weighted by Gasteiger charge is 2.35. The predicted octanol–water partition coefficient (Wildman–Crippen LogP) is 3.28. The van der Waals surface area contributed by atoms with E-state index in [0.29, 0.717) is 11.7 Å². The molecule has 0 saturated carbocycles. The van der Waals surface area contributed by atoms with Gasteiger partial charge < -0.3 is 5.11 Å². The number of halogens is 2. The number of aliphatic hydroxyl groups is 1. The molecule has 1 fully saturated rings. The van der Waals surface area contributed by atoms with Crippen molar-refractivity contribution in [2.24, 2.45) is 0 Å². The largest absolute Gasteiger partial charge is 0.389 e. The first-order chi connectivity index (χ1) is 7.48. The van der Waals surface area contributed by atoms with Crippen LogP contribution < -0.4 is 0 Å². The molecule has 2 atom stereocenters. The first-order valence-electron chi connectivity index (χ1n) is 5.26. The van der Waals surface area contributed by atoms with Crippen LogP contribution >= 0.6 is 23.4 Å². The molecule has 1 aliphatic rings. The first kappa shape index (κ1) is 12.2. The number of thioether (sulfide) groups is 1. The standard InChI is InChI=1S/C12H14ClFOS/c1-8-5-12(15,7-16-8)6-9-2-3-11(14)10(13)4-9/h2-4,8,15H,5-7H2,1H3. The second-order valence-corrected chi connectivity index (χ2v) is 6.31. The van der Waals surface area contributed by atoms with Crippen molar-refractivity contribution in [1.29, 1.82) is 0 Å². The fraction of sp³-hybridized carbons (Fsp3) is 0.500. The SMILES string of the molecule is CC1CC(O)(Cc2ccc(F)c(Cl)c2)CS1. The molecule has 0 amide bonds. The maximum atomic E-state index is 13.0. The van der Waals surface area contributed by atoms with E-state index in [1.807, 2.05) is 0 Å². The molecule has 88 valence electrons. The van der Waals surface area contributed by atoms with Crippen molar-refractivity contribution in [3.8, 4) is 0 Å². The van der Waals surface area contributed by atoms with Crippen molar-refractivity contribution < 1.29 is 9.50 Å². The molecule has 1 nitrogen and oxygen atoms in total. The third-order valence-corrected chi connectivity index (χ3v) is 4.55. The Balaban J connectivity index is 2.12. The predicted molar refractivity (Wildman–Crippen MR) is 66.6 cm³/mol. The lowest BCUT2D eigenvalue weighted by Crippen LogP contribution is -2.31. The van der Waals surface area contributed by atoms with Crippen LogP contribution in [0.15, 0.2) is 18.2 Å². The van der Waals surface area contributed by atoms with Gasteiger partial charge in [0.2, 0.25) is 0 Å². The van der Waals surface area contributed by atoms with Gasteiger partial charge in [0.25, 0.3) is 0 Å². The zero-order chi connectivity index (χ0) is 11.8. The van der Waals surface area contributed by atoms with Crippen molar-refractivity contribution >= 4 is 23.4 Å². The van der Waals surface area contributed by atoms with E-state index in [1.54, 1.807) is 23.9 Å². The lowest BCUT2D eigenvalue weighted by molar-refractivity contribution is 0.0642. The fourth-order valence-electron chi connectivity index (χ4n) is 2.10. The summed E-state index contributed by atoms with van der Waals surface area (Å²) in [7, 11) is 0. The smallest absolute Gasteiger partial charge is 0.141 e. The second-order valence-electron chi connectivity index (χ2n) is 4.48. The number of benzene rings is 1. The van der Waals surface area contributed by atoms with Gasteiger partial charge in [-0.05, 0) is 24.1 Å². The fourth-order valence-corrected chi connectivity index (χ4v) is 3.55. The maximum absolute atomic E-state index is 13.0. The highest BCUT2D eigenvalue weighted by atomic mass is 35.5. The van der Waals surface area contributed by atoms with Gasteiger partial charge in [-0.3, -0.25) is 0 Å². The third kappa shape index (κ3) is 2.70. The van der Waals surface area contributed by atoms with Crippen LogP contribution in [0.25, 0.3) is 0 Å². The van der Waals surface area contributed by atoms with Gasteiger partial charge in [-0.2, -0.15) is 11.8 Å². The third-order valence-electron chi connectivity index (χ3n) is 2.82. The molecule has 1 aromatic carbocycles. The van der Waals surface area contributed by atoms with Gasteiger partial charge in [-0.25, -0.2) is 4.39 Å². The average molecular weight is 261 g/mol. The summed E-state index contributed by atoms with van der Waals surface area (Å²) in [6.07, 6.45) is 1.33. The summed E-state index contributed by atoms with van der Waals surface area (Å²) in [6, 6.07) is 4.64. The zero-order valence-corrected chi connectivity index (χ0v) is 10.6. The van der Waals surface area contributed by atoms with Crippen LogP contribution in [0, 0.1) is 5.82 Å². The van der Waals surface area contributed by atoms with Crippen molar-refractivity contribution in [2.45, 2.75) is 30.6 Å². The summed E-state index contributed by atoms with van der Waals surface area (Å²) in [5.74, 6) is 0.329. The molecule has 1 aromatic rings. The van der Waals surface area contributed by atoms with Crippen LogP contribution in [-0.4, -0.2) is 21.7 Å². The van der Waals surface area contributed by atoms with Gasteiger partial charge in [0, 0.05) is 17.4 Å². The van der Waals surface area contributed by atoms with E-state index in [0.717, 1.165) is 17.7 Å². The lowest BCUT2D eigenvalue weighted by atomic mass is 9.92. The topological polar surface area (TPSA) is 20.2 Å². The number of hydrogen-bond acceptors (Lipinski definition) is 2. The Morgan fingerprint density at radius 3 is 2.94 bits per heavy atom. The Hall–Kier alpha value is -0.250. The molecule has 0 bridgehead atoms. The molecule has 16 heavy (non-hydrogen) atoms. The molecule has 2 rings (SSSR count). The summed E-state index contributed by atoms with van der Waals surface area (Å²) in [6.45, 7) is 2.11. The summed E-state index contributed by atoms with van der Waals surface area (Å²) in [5, 5.41) is 10.9. The number of hydrogen-bond donors (Lipinski definition) is 1. The highest BCUT2D eigenvalue weighted by molar-refractivity contribution is 8.00. The van der Waals surface area contributed by atoms with E-state index in [9.17, 15) is 9.50 Å². The second kappa shape index (κ2) is 4.55. The molecular weight excluding hydrogens is 247 g/mol. The normalized spacial score (nSPS) is 29.6. The van der Waals surface area contributed by atoms with E-state index in [4.69, 9.17) is 11.6 Å². The minimum absolute atomic E-state index is 0.125. The highest BCUT2D eigenvalue weighted by Crippen LogP contribution is 2.36. The van der Waals surface area contributed by atoms with E-state index >= 15 is 0 Å². The molecule has 1 saturated heterocycles. The minimum atomic E-state index is -0.661. The molecule has 1 aliphatic heterocycles. The Kier molecular flexibility index (Phi) is 3.48. The molecule has 0 aliphatic carbocycles. The molecule has 1 heterocycles. The van der Waals surface area contributed by atoms with Gasteiger partial charge in [0.1, 0.15) is 5.82 Å². The zero-order valence-electron chi connectivity index (χ0n) is 9.04. The van der Waals surface area contributed by atoms with Crippen molar-refractivity contribution in [1.82, 2.24) is 0 Å². The summed E-state index contributed by atoms with van der Waals surface area (Å²) in [4.78, 5) is 0. The molecule has 0 spiro atoms. The Bertz CT molecular complexity index is 399. The molecule has 0 aromatic heterocycles. The lowest BCUT2D eigenvalue weighted by Gasteiger charge is -2.21.